The fourth-order valence-electron chi connectivity index (χ4n) is 4.04. The lowest BCUT2D eigenvalue weighted by Crippen LogP contribution is -2.37. The van der Waals surface area contributed by atoms with Gasteiger partial charge in [-0.1, -0.05) is 12.1 Å². The van der Waals surface area contributed by atoms with Gasteiger partial charge in [-0.15, -0.1) is 11.3 Å². The molecule has 1 N–H and O–H groups in total. The van der Waals surface area contributed by atoms with Crippen molar-refractivity contribution in [2.45, 2.75) is 31.1 Å². The molecule has 1 aliphatic carbocycles. The van der Waals surface area contributed by atoms with E-state index in [1.807, 2.05) is 35.7 Å². The number of carbonyl (C=O) groups excluding carboxylic acids is 2. The summed E-state index contributed by atoms with van der Waals surface area (Å²) in [6, 6.07) is 9.71. The maximum atomic E-state index is 13.0. The number of benzene rings is 1. The highest BCUT2D eigenvalue weighted by atomic mass is 32.1. The second-order valence-electron chi connectivity index (χ2n) is 6.86. The van der Waals surface area contributed by atoms with Crippen LogP contribution >= 0.6 is 11.3 Å². The molecule has 0 saturated carbocycles. The molecule has 0 bridgehead atoms. The second kappa shape index (κ2) is 7.19. The first-order valence-corrected chi connectivity index (χ1v) is 9.80. The van der Waals surface area contributed by atoms with Gasteiger partial charge in [-0.3, -0.25) is 9.59 Å². The van der Waals surface area contributed by atoms with E-state index in [-0.39, 0.29) is 23.5 Å². The van der Waals surface area contributed by atoms with Crippen molar-refractivity contribution < 1.29 is 19.1 Å². The van der Waals surface area contributed by atoms with E-state index < -0.39 is 0 Å². The number of Topliss-reactive ketones (excluding diaryl/α,β-unsaturated/α-hetero) is 1. The van der Waals surface area contributed by atoms with E-state index in [2.05, 4.69) is 5.32 Å². The summed E-state index contributed by atoms with van der Waals surface area (Å²) in [7, 11) is 3.20. The van der Waals surface area contributed by atoms with Crippen LogP contribution in [0.15, 0.2) is 47.0 Å². The zero-order chi connectivity index (χ0) is 19.0. The number of ketones is 1. The Kier molecular flexibility index (Phi) is 4.74. The first-order valence-electron chi connectivity index (χ1n) is 8.92. The van der Waals surface area contributed by atoms with Gasteiger partial charge >= 0.3 is 0 Å². The molecule has 4 rings (SSSR count). The minimum atomic E-state index is -0.118. The van der Waals surface area contributed by atoms with Gasteiger partial charge in [0.2, 0.25) is 5.91 Å². The van der Waals surface area contributed by atoms with E-state index in [1.54, 1.807) is 25.6 Å². The molecular formula is C21H21NO4S. The van der Waals surface area contributed by atoms with E-state index in [4.69, 9.17) is 9.47 Å². The van der Waals surface area contributed by atoms with Gasteiger partial charge in [0.1, 0.15) is 0 Å². The number of thiophene rings is 1. The summed E-state index contributed by atoms with van der Waals surface area (Å²) in [6.45, 7) is 0. The molecular weight excluding hydrogens is 362 g/mol. The van der Waals surface area contributed by atoms with Crippen LogP contribution in [-0.2, 0) is 9.59 Å². The van der Waals surface area contributed by atoms with Crippen LogP contribution in [0.5, 0.6) is 11.5 Å². The third kappa shape index (κ3) is 3.25. The highest BCUT2D eigenvalue weighted by Crippen LogP contribution is 2.44. The van der Waals surface area contributed by atoms with E-state index in [1.165, 1.54) is 0 Å². The highest BCUT2D eigenvalue weighted by Gasteiger charge is 2.38. The number of hydrogen-bond donors (Lipinski definition) is 1. The monoisotopic (exact) mass is 383 g/mol. The van der Waals surface area contributed by atoms with Gasteiger partial charge in [0, 0.05) is 34.9 Å². The number of rotatable bonds is 4. The smallest absolute Gasteiger partial charge is 0.225 e. The van der Waals surface area contributed by atoms with Crippen molar-refractivity contribution in [3.8, 4) is 11.5 Å². The van der Waals surface area contributed by atoms with Crippen molar-refractivity contribution in [3.05, 3.63) is 57.4 Å². The number of amides is 1. The number of allylic oxidation sites excluding steroid dienone is 2. The van der Waals surface area contributed by atoms with Gasteiger partial charge in [0.25, 0.3) is 0 Å². The Morgan fingerprint density at radius 1 is 1.04 bits per heavy atom. The molecule has 140 valence electrons. The largest absolute Gasteiger partial charge is 0.493 e. The molecule has 0 radical (unpaired) electrons. The lowest BCUT2D eigenvalue weighted by atomic mass is 9.75. The van der Waals surface area contributed by atoms with Crippen molar-refractivity contribution in [2.75, 3.05) is 14.2 Å². The van der Waals surface area contributed by atoms with Crippen LogP contribution in [0.25, 0.3) is 0 Å². The maximum absolute atomic E-state index is 13.0. The highest BCUT2D eigenvalue weighted by molar-refractivity contribution is 7.10. The van der Waals surface area contributed by atoms with E-state index in [0.717, 1.165) is 21.7 Å². The molecule has 2 heterocycles. The van der Waals surface area contributed by atoms with Crippen molar-refractivity contribution in [1.82, 2.24) is 5.32 Å². The number of carbonyl (C=O) groups is 2. The topological polar surface area (TPSA) is 64.6 Å². The molecule has 2 aliphatic rings. The summed E-state index contributed by atoms with van der Waals surface area (Å²) < 4.78 is 10.7. The van der Waals surface area contributed by atoms with Crippen molar-refractivity contribution in [3.63, 3.8) is 0 Å². The number of methoxy groups -OCH3 is 2. The Labute approximate surface area is 162 Å². The minimum absolute atomic E-state index is 0.0124. The average molecular weight is 383 g/mol. The van der Waals surface area contributed by atoms with Crippen LogP contribution in [0.4, 0.5) is 0 Å². The molecule has 1 amide bonds. The van der Waals surface area contributed by atoms with Crippen molar-refractivity contribution in [2.24, 2.45) is 0 Å². The Morgan fingerprint density at radius 3 is 2.56 bits per heavy atom. The van der Waals surface area contributed by atoms with Crippen LogP contribution in [0.3, 0.4) is 0 Å². The zero-order valence-corrected chi connectivity index (χ0v) is 16.1. The summed E-state index contributed by atoms with van der Waals surface area (Å²) in [4.78, 5) is 26.4. The minimum Gasteiger partial charge on any atom is -0.493 e. The predicted octanol–water partition coefficient (Wildman–Crippen LogP) is 3.77. The average Bonchev–Trinajstić information content (AvgIpc) is 3.21. The third-order valence-corrected chi connectivity index (χ3v) is 6.29. The fourth-order valence-corrected chi connectivity index (χ4v) is 4.87. The van der Waals surface area contributed by atoms with Crippen LogP contribution in [0, 0.1) is 0 Å². The molecule has 0 fully saturated rings. The SMILES string of the molecule is COc1ccc(C2CC(=O)C3=C(C2)NC(=O)CC3c2cccs2)cc1OC. The Bertz CT molecular complexity index is 916. The van der Waals surface area contributed by atoms with Crippen molar-refractivity contribution in [1.29, 1.82) is 0 Å². The molecule has 27 heavy (non-hydrogen) atoms. The second-order valence-corrected chi connectivity index (χ2v) is 7.83. The van der Waals surface area contributed by atoms with Crippen LogP contribution in [0.2, 0.25) is 0 Å². The summed E-state index contributed by atoms with van der Waals surface area (Å²) in [5.74, 6) is 1.30. The van der Waals surface area contributed by atoms with E-state index in [9.17, 15) is 9.59 Å². The lowest BCUT2D eigenvalue weighted by molar-refractivity contribution is -0.122. The maximum Gasteiger partial charge on any atom is 0.225 e. The molecule has 6 heteroatoms. The molecule has 0 spiro atoms. The summed E-state index contributed by atoms with van der Waals surface area (Å²) in [6.07, 6.45) is 1.42. The van der Waals surface area contributed by atoms with Crippen LogP contribution in [0.1, 0.15) is 41.5 Å². The lowest BCUT2D eigenvalue weighted by Gasteiger charge is -2.34. The van der Waals surface area contributed by atoms with Gasteiger partial charge in [-0.25, -0.2) is 0 Å². The predicted molar refractivity (Wildman–Crippen MR) is 103 cm³/mol. The van der Waals surface area contributed by atoms with Gasteiger partial charge < -0.3 is 14.8 Å². The normalized spacial score (nSPS) is 22.3. The van der Waals surface area contributed by atoms with Crippen molar-refractivity contribution >= 4 is 23.0 Å². The Balaban J connectivity index is 1.68. The van der Waals surface area contributed by atoms with Gasteiger partial charge in [0.05, 0.1) is 14.2 Å². The van der Waals surface area contributed by atoms with Gasteiger partial charge in [-0.2, -0.15) is 0 Å². The number of hydrogen-bond acceptors (Lipinski definition) is 5. The first kappa shape index (κ1) is 17.8. The summed E-state index contributed by atoms with van der Waals surface area (Å²) in [5, 5.41) is 4.95. The standard InChI is InChI=1S/C21H21NO4S/c1-25-17-6-5-12(10-18(17)26-2)13-8-15-21(16(23)9-13)14(11-20(24)22-15)19-4-3-7-27-19/h3-7,10,13-14H,8-9,11H2,1-2H3,(H,22,24). The van der Waals surface area contributed by atoms with E-state index >= 15 is 0 Å². The summed E-state index contributed by atoms with van der Waals surface area (Å²) >= 11 is 1.60. The zero-order valence-electron chi connectivity index (χ0n) is 15.3. The Hall–Kier alpha value is -2.60. The molecule has 2 unspecified atom stereocenters. The van der Waals surface area contributed by atoms with Gasteiger partial charge in [0.15, 0.2) is 17.3 Å². The molecule has 1 aromatic heterocycles. The molecule has 1 aromatic carbocycles. The Morgan fingerprint density at radius 2 is 1.85 bits per heavy atom. The van der Waals surface area contributed by atoms with E-state index in [0.29, 0.717) is 30.8 Å². The van der Waals surface area contributed by atoms with Gasteiger partial charge in [-0.05, 0) is 41.5 Å². The van der Waals surface area contributed by atoms with Crippen LogP contribution < -0.4 is 14.8 Å². The number of nitrogens with one attached hydrogen (secondary N) is 1. The van der Waals surface area contributed by atoms with Crippen LogP contribution in [-0.4, -0.2) is 25.9 Å². The fraction of sp³-hybridized carbons (Fsp3) is 0.333. The molecule has 5 nitrogen and oxygen atoms in total. The molecule has 0 saturated heterocycles. The number of ether oxygens (including phenoxy) is 2. The quantitative estimate of drug-likeness (QED) is 0.873. The summed E-state index contributed by atoms with van der Waals surface area (Å²) in [5.41, 5.74) is 2.58. The third-order valence-electron chi connectivity index (χ3n) is 5.30. The molecule has 2 aromatic rings. The first-order chi connectivity index (χ1) is 13.1. The molecule has 1 aliphatic heterocycles. The molecule has 2 atom stereocenters.